The van der Waals surface area contributed by atoms with E-state index in [1.807, 2.05) is 40.1 Å². The van der Waals surface area contributed by atoms with Gasteiger partial charge in [0.25, 0.3) is 0 Å². The van der Waals surface area contributed by atoms with Gasteiger partial charge in [-0.05, 0) is 24.8 Å². The lowest BCUT2D eigenvalue weighted by Crippen LogP contribution is -2.39. The highest BCUT2D eigenvalue weighted by Gasteiger charge is 2.25. The summed E-state index contributed by atoms with van der Waals surface area (Å²) in [5, 5.41) is 0. The fourth-order valence-corrected chi connectivity index (χ4v) is 3.59. The van der Waals surface area contributed by atoms with Crippen molar-refractivity contribution < 1.29 is 4.79 Å². The van der Waals surface area contributed by atoms with Gasteiger partial charge in [0.05, 0.1) is 11.9 Å². The molecule has 138 valence electrons. The molecular formula is C21H23N5O. The van der Waals surface area contributed by atoms with Gasteiger partial charge in [0.2, 0.25) is 5.91 Å². The SMILES string of the molecule is O=C(CCc1ccccc1)N1CCCC(c2cncc(-n3ccnc3)n2)C1. The highest BCUT2D eigenvalue weighted by atomic mass is 16.2. The Hall–Kier alpha value is -3.02. The number of hydrogen-bond acceptors (Lipinski definition) is 4. The largest absolute Gasteiger partial charge is 0.342 e. The first-order chi connectivity index (χ1) is 13.3. The summed E-state index contributed by atoms with van der Waals surface area (Å²) in [5.74, 6) is 1.22. The van der Waals surface area contributed by atoms with Crippen LogP contribution < -0.4 is 0 Å². The molecule has 6 nitrogen and oxygen atoms in total. The van der Waals surface area contributed by atoms with Crippen LogP contribution in [-0.4, -0.2) is 43.4 Å². The quantitative estimate of drug-likeness (QED) is 0.701. The summed E-state index contributed by atoms with van der Waals surface area (Å²) in [6, 6.07) is 10.2. The van der Waals surface area contributed by atoms with Crippen molar-refractivity contribution in [3.63, 3.8) is 0 Å². The molecule has 0 spiro atoms. The minimum Gasteiger partial charge on any atom is -0.342 e. The molecule has 0 N–H and O–H groups in total. The molecule has 0 aliphatic carbocycles. The number of aryl methyl sites for hydroxylation is 1. The third-order valence-electron chi connectivity index (χ3n) is 5.07. The van der Waals surface area contributed by atoms with Crippen molar-refractivity contribution >= 4 is 5.91 Å². The van der Waals surface area contributed by atoms with Crippen LogP contribution in [0.25, 0.3) is 5.82 Å². The molecule has 3 heterocycles. The van der Waals surface area contributed by atoms with E-state index in [0.29, 0.717) is 6.42 Å². The molecule has 1 atom stereocenters. The van der Waals surface area contributed by atoms with Gasteiger partial charge in [0, 0.05) is 44.0 Å². The summed E-state index contributed by atoms with van der Waals surface area (Å²) in [7, 11) is 0. The molecule has 27 heavy (non-hydrogen) atoms. The summed E-state index contributed by atoms with van der Waals surface area (Å²) >= 11 is 0. The standard InChI is InChI=1S/C21H23N5O/c27-21(9-8-17-5-2-1-3-6-17)25-11-4-7-18(15-25)19-13-23-14-20(24-19)26-12-10-22-16-26/h1-3,5-6,10,12-14,16,18H,4,7-9,11,15H2. The van der Waals surface area contributed by atoms with Gasteiger partial charge >= 0.3 is 0 Å². The number of hydrogen-bond donors (Lipinski definition) is 0. The first-order valence-electron chi connectivity index (χ1n) is 9.41. The van der Waals surface area contributed by atoms with Crippen LogP contribution in [-0.2, 0) is 11.2 Å². The maximum Gasteiger partial charge on any atom is 0.222 e. The van der Waals surface area contributed by atoms with Gasteiger partial charge in [-0.2, -0.15) is 0 Å². The summed E-state index contributed by atoms with van der Waals surface area (Å²) in [4.78, 5) is 27.8. The number of aromatic nitrogens is 4. The molecule has 1 unspecified atom stereocenters. The lowest BCUT2D eigenvalue weighted by atomic mass is 9.94. The summed E-state index contributed by atoms with van der Waals surface area (Å²) < 4.78 is 1.85. The number of piperidine rings is 1. The Morgan fingerprint density at radius 2 is 2.04 bits per heavy atom. The van der Waals surface area contributed by atoms with Gasteiger partial charge in [0.1, 0.15) is 6.33 Å². The molecule has 0 bridgehead atoms. The number of nitrogens with zero attached hydrogens (tertiary/aromatic N) is 5. The average Bonchev–Trinajstić information content (AvgIpc) is 3.28. The van der Waals surface area contributed by atoms with Gasteiger partial charge in [-0.25, -0.2) is 9.97 Å². The first kappa shape index (κ1) is 17.4. The summed E-state index contributed by atoms with van der Waals surface area (Å²) in [5.41, 5.74) is 2.15. The van der Waals surface area contributed by atoms with Crippen LogP contribution in [0.15, 0.2) is 61.4 Å². The molecule has 0 radical (unpaired) electrons. The van der Waals surface area contributed by atoms with Gasteiger partial charge in [-0.1, -0.05) is 30.3 Å². The van der Waals surface area contributed by atoms with Crippen molar-refractivity contribution in [1.29, 1.82) is 0 Å². The molecule has 1 fully saturated rings. The highest BCUT2D eigenvalue weighted by Crippen LogP contribution is 2.26. The Kier molecular flexibility index (Phi) is 5.23. The summed E-state index contributed by atoms with van der Waals surface area (Å²) in [6.07, 6.45) is 12.2. The zero-order chi connectivity index (χ0) is 18.5. The Balaban J connectivity index is 1.40. The van der Waals surface area contributed by atoms with Crippen molar-refractivity contribution in [2.45, 2.75) is 31.6 Å². The zero-order valence-corrected chi connectivity index (χ0v) is 15.2. The number of carbonyl (C=O) groups excluding carboxylic acids is 1. The predicted molar refractivity (Wildman–Crippen MR) is 102 cm³/mol. The molecule has 2 aromatic heterocycles. The van der Waals surface area contributed by atoms with Gasteiger partial charge in [-0.3, -0.25) is 14.3 Å². The van der Waals surface area contributed by atoms with Gasteiger partial charge in [-0.15, -0.1) is 0 Å². The minimum absolute atomic E-state index is 0.224. The second-order valence-corrected chi connectivity index (χ2v) is 6.94. The van der Waals surface area contributed by atoms with Crippen molar-refractivity contribution in [1.82, 2.24) is 24.4 Å². The number of rotatable bonds is 5. The number of likely N-dealkylation sites (tertiary alicyclic amines) is 1. The third kappa shape index (κ3) is 4.22. The number of carbonyl (C=O) groups is 1. The van der Waals surface area contributed by atoms with Crippen molar-refractivity contribution in [2.24, 2.45) is 0 Å². The molecule has 1 saturated heterocycles. The topological polar surface area (TPSA) is 63.9 Å². The van der Waals surface area contributed by atoms with E-state index in [1.165, 1.54) is 5.56 Å². The molecule has 1 aromatic carbocycles. The molecule has 1 amide bonds. The lowest BCUT2D eigenvalue weighted by Gasteiger charge is -2.32. The maximum atomic E-state index is 12.7. The molecule has 6 heteroatoms. The van der Waals surface area contributed by atoms with E-state index >= 15 is 0 Å². The van der Waals surface area contributed by atoms with Gasteiger partial charge in [0.15, 0.2) is 5.82 Å². The Labute approximate surface area is 158 Å². The molecular weight excluding hydrogens is 338 g/mol. The van der Waals surface area contributed by atoms with Crippen molar-refractivity contribution in [2.75, 3.05) is 13.1 Å². The second-order valence-electron chi connectivity index (χ2n) is 6.94. The smallest absolute Gasteiger partial charge is 0.222 e. The van der Waals surface area contributed by atoms with Crippen LogP contribution in [0, 0.1) is 0 Å². The van der Waals surface area contributed by atoms with Crippen molar-refractivity contribution in [3.05, 3.63) is 72.7 Å². The predicted octanol–water partition coefficient (Wildman–Crippen LogP) is 3.00. The third-order valence-corrected chi connectivity index (χ3v) is 5.07. The van der Waals surface area contributed by atoms with E-state index in [-0.39, 0.29) is 11.8 Å². The minimum atomic E-state index is 0.224. The van der Waals surface area contributed by atoms with E-state index in [9.17, 15) is 4.79 Å². The molecule has 0 saturated carbocycles. The Morgan fingerprint density at radius 3 is 2.85 bits per heavy atom. The highest BCUT2D eigenvalue weighted by molar-refractivity contribution is 5.76. The lowest BCUT2D eigenvalue weighted by molar-refractivity contribution is -0.132. The van der Waals surface area contributed by atoms with E-state index in [2.05, 4.69) is 22.1 Å². The first-order valence-corrected chi connectivity index (χ1v) is 9.41. The second kappa shape index (κ2) is 8.12. The summed E-state index contributed by atoms with van der Waals surface area (Å²) in [6.45, 7) is 1.55. The van der Waals surface area contributed by atoms with Crippen LogP contribution in [0.4, 0.5) is 0 Å². The number of imidazole rings is 1. The monoisotopic (exact) mass is 361 g/mol. The van der Waals surface area contributed by atoms with Gasteiger partial charge < -0.3 is 4.90 Å². The van der Waals surface area contributed by atoms with E-state index in [0.717, 1.165) is 43.9 Å². The van der Waals surface area contributed by atoms with Crippen LogP contribution in [0.5, 0.6) is 0 Å². The van der Waals surface area contributed by atoms with Crippen molar-refractivity contribution in [3.8, 4) is 5.82 Å². The van der Waals surface area contributed by atoms with Crippen LogP contribution >= 0.6 is 0 Å². The molecule has 4 rings (SSSR count). The van der Waals surface area contributed by atoms with Crippen LogP contribution in [0.3, 0.4) is 0 Å². The van der Waals surface area contributed by atoms with E-state index in [4.69, 9.17) is 4.98 Å². The normalized spacial score (nSPS) is 17.0. The van der Waals surface area contributed by atoms with E-state index in [1.54, 1.807) is 18.7 Å². The average molecular weight is 361 g/mol. The van der Waals surface area contributed by atoms with Crippen LogP contribution in [0.2, 0.25) is 0 Å². The number of amides is 1. The fraction of sp³-hybridized carbons (Fsp3) is 0.333. The molecule has 3 aromatic rings. The molecule has 1 aliphatic rings. The van der Waals surface area contributed by atoms with Crippen LogP contribution in [0.1, 0.15) is 36.4 Å². The fourth-order valence-electron chi connectivity index (χ4n) is 3.59. The van der Waals surface area contributed by atoms with E-state index < -0.39 is 0 Å². The maximum absolute atomic E-state index is 12.7. The zero-order valence-electron chi connectivity index (χ0n) is 15.2. The Morgan fingerprint density at radius 1 is 1.15 bits per heavy atom. The number of benzene rings is 1. The molecule has 1 aliphatic heterocycles. The Bertz CT molecular complexity index is 879.